The zero-order valence-electron chi connectivity index (χ0n) is 21.2. The topological polar surface area (TPSA) is 49.9 Å². The first kappa shape index (κ1) is 25.4. The Balaban J connectivity index is 1.34. The van der Waals surface area contributed by atoms with E-state index >= 15 is 0 Å². The molecule has 1 aromatic heterocycles. The minimum atomic E-state index is -0.291. The number of methoxy groups -OCH3 is 1. The second-order valence-electron chi connectivity index (χ2n) is 11.2. The molecule has 0 N–H and O–H groups in total. The average Bonchev–Trinajstić information content (AvgIpc) is 3.36. The van der Waals surface area contributed by atoms with Gasteiger partial charge in [0.05, 0.1) is 18.5 Å². The minimum Gasteiger partial charge on any atom is -0.385 e. The van der Waals surface area contributed by atoms with Crippen molar-refractivity contribution in [1.82, 2.24) is 9.80 Å². The summed E-state index contributed by atoms with van der Waals surface area (Å²) in [7, 11) is 1.67. The summed E-state index contributed by atoms with van der Waals surface area (Å²) in [6, 6.07) is 10.3. The van der Waals surface area contributed by atoms with E-state index in [0.29, 0.717) is 50.4 Å². The molecular formula is C29H37FN2O3S. The van der Waals surface area contributed by atoms with E-state index in [4.69, 9.17) is 4.74 Å². The van der Waals surface area contributed by atoms with E-state index < -0.39 is 0 Å². The SMILES string of the molecule is COCCCN(CC(=O)N(Cc1ccc(F)cc1)Cc1cccs1)C(=O)C12CC3CC(CC(C3)C1)C2. The van der Waals surface area contributed by atoms with Gasteiger partial charge in [0.1, 0.15) is 5.82 Å². The van der Waals surface area contributed by atoms with Crippen molar-refractivity contribution in [1.29, 1.82) is 0 Å². The van der Waals surface area contributed by atoms with Crippen molar-refractivity contribution in [2.24, 2.45) is 23.2 Å². The van der Waals surface area contributed by atoms with Crippen molar-refractivity contribution in [3.8, 4) is 0 Å². The van der Waals surface area contributed by atoms with Gasteiger partial charge in [0.15, 0.2) is 0 Å². The van der Waals surface area contributed by atoms with Crippen LogP contribution in [0.1, 0.15) is 55.4 Å². The van der Waals surface area contributed by atoms with Crippen molar-refractivity contribution in [2.75, 3.05) is 26.8 Å². The molecule has 0 saturated heterocycles. The molecule has 1 heterocycles. The molecule has 36 heavy (non-hydrogen) atoms. The van der Waals surface area contributed by atoms with Crippen LogP contribution in [0, 0.1) is 29.0 Å². The molecule has 4 aliphatic carbocycles. The van der Waals surface area contributed by atoms with Crippen LogP contribution in [-0.4, -0.2) is 48.4 Å². The largest absolute Gasteiger partial charge is 0.385 e. The molecular weight excluding hydrogens is 475 g/mol. The molecule has 5 nitrogen and oxygen atoms in total. The van der Waals surface area contributed by atoms with Gasteiger partial charge in [0.25, 0.3) is 0 Å². The van der Waals surface area contributed by atoms with Crippen LogP contribution < -0.4 is 0 Å². The first-order valence-corrected chi connectivity index (χ1v) is 14.1. The Morgan fingerprint density at radius 3 is 2.25 bits per heavy atom. The first-order chi connectivity index (χ1) is 17.4. The van der Waals surface area contributed by atoms with Gasteiger partial charge in [0.2, 0.25) is 11.8 Å². The number of nitrogens with zero attached hydrogens (tertiary/aromatic N) is 2. The number of ether oxygens (including phenoxy) is 1. The van der Waals surface area contributed by atoms with Crippen molar-refractivity contribution >= 4 is 23.2 Å². The highest BCUT2D eigenvalue weighted by Crippen LogP contribution is 2.60. The first-order valence-electron chi connectivity index (χ1n) is 13.3. The predicted molar refractivity (Wildman–Crippen MR) is 139 cm³/mol. The molecule has 4 saturated carbocycles. The van der Waals surface area contributed by atoms with Crippen molar-refractivity contribution in [2.45, 2.75) is 58.0 Å². The van der Waals surface area contributed by atoms with Gasteiger partial charge in [0, 0.05) is 31.7 Å². The molecule has 0 unspecified atom stereocenters. The number of benzene rings is 1. The Kier molecular flexibility index (Phi) is 7.77. The fourth-order valence-corrected chi connectivity index (χ4v) is 7.98. The van der Waals surface area contributed by atoms with E-state index in [-0.39, 0.29) is 29.6 Å². The lowest BCUT2D eigenvalue weighted by Gasteiger charge is -2.56. The quantitative estimate of drug-likeness (QED) is 0.374. The van der Waals surface area contributed by atoms with Crippen LogP contribution in [0.25, 0.3) is 0 Å². The van der Waals surface area contributed by atoms with Crippen LogP contribution >= 0.6 is 11.3 Å². The van der Waals surface area contributed by atoms with Gasteiger partial charge < -0.3 is 14.5 Å². The fraction of sp³-hybridized carbons (Fsp3) is 0.586. The van der Waals surface area contributed by atoms with Gasteiger partial charge in [-0.15, -0.1) is 11.3 Å². The van der Waals surface area contributed by atoms with Crippen LogP contribution in [0.5, 0.6) is 0 Å². The van der Waals surface area contributed by atoms with E-state index in [9.17, 15) is 14.0 Å². The molecule has 0 spiro atoms. The molecule has 194 valence electrons. The summed E-state index contributed by atoms with van der Waals surface area (Å²) in [6.07, 6.45) is 7.51. The van der Waals surface area contributed by atoms with Crippen LogP contribution in [0.15, 0.2) is 41.8 Å². The lowest BCUT2D eigenvalue weighted by atomic mass is 9.49. The Morgan fingerprint density at radius 1 is 1.00 bits per heavy atom. The Labute approximate surface area is 217 Å². The number of carbonyl (C=O) groups is 2. The summed E-state index contributed by atoms with van der Waals surface area (Å²) in [4.78, 5) is 32.6. The summed E-state index contributed by atoms with van der Waals surface area (Å²) < 4.78 is 18.7. The second kappa shape index (κ2) is 11.0. The second-order valence-corrected chi connectivity index (χ2v) is 12.3. The number of carbonyl (C=O) groups excluding carboxylic acids is 2. The molecule has 1 aromatic carbocycles. The van der Waals surface area contributed by atoms with Gasteiger partial charge in [-0.3, -0.25) is 9.59 Å². The molecule has 4 fully saturated rings. The van der Waals surface area contributed by atoms with Crippen LogP contribution in [0.2, 0.25) is 0 Å². The number of thiophene rings is 1. The van der Waals surface area contributed by atoms with Gasteiger partial charge >= 0.3 is 0 Å². The predicted octanol–water partition coefficient (Wildman–Crippen LogP) is 5.50. The average molecular weight is 513 g/mol. The molecule has 0 radical (unpaired) electrons. The zero-order valence-corrected chi connectivity index (χ0v) is 22.0. The van der Waals surface area contributed by atoms with Crippen LogP contribution in [-0.2, 0) is 27.4 Å². The molecule has 6 rings (SSSR count). The summed E-state index contributed by atoms with van der Waals surface area (Å²) >= 11 is 1.61. The third-order valence-electron chi connectivity index (χ3n) is 8.45. The Morgan fingerprint density at radius 2 is 1.67 bits per heavy atom. The van der Waals surface area contributed by atoms with E-state index in [0.717, 1.165) is 29.7 Å². The maximum atomic E-state index is 14.1. The zero-order chi connectivity index (χ0) is 25.1. The highest BCUT2D eigenvalue weighted by atomic mass is 32.1. The molecule has 4 aliphatic rings. The number of amides is 2. The van der Waals surface area contributed by atoms with Gasteiger partial charge in [-0.2, -0.15) is 0 Å². The summed E-state index contributed by atoms with van der Waals surface area (Å²) in [5, 5.41) is 2.00. The highest BCUT2D eigenvalue weighted by Gasteiger charge is 2.55. The van der Waals surface area contributed by atoms with Crippen molar-refractivity contribution in [3.05, 3.63) is 58.0 Å². The smallest absolute Gasteiger partial charge is 0.242 e. The van der Waals surface area contributed by atoms with E-state index in [1.54, 1.807) is 35.5 Å². The maximum Gasteiger partial charge on any atom is 0.242 e. The minimum absolute atomic E-state index is 0.0665. The normalized spacial score (nSPS) is 26.2. The number of hydrogen-bond donors (Lipinski definition) is 0. The number of rotatable bonds is 11. The van der Waals surface area contributed by atoms with Crippen molar-refractivity contribution in [3.63, 3.8) is 0 Å². The summed E-state index contributed by atoms with van der Waals surface area (Å²) in [5.74, 6) is 1.84. The number of halogens is 1. The lowest BCUT2D eigenvalue weighted by Crippen LogP contribution is -2.56. The van der Waals surface area contributed by atoms with E-state index in [2.05, 4.69) is 0 Å². The standard InChI is InChI=1S/C29H37FN2O3S/c1-35-10-3-9-31(28(34)29-15-22-12-23(16-29)14-24(13-22)17-29)20-27(33)32(19-26-4-2-11-36-26)18-21-5-7-25(30)8-6-21/h2,4-8,11,22-24H,3,9-10,12-20H2,1H3. The molecule has 2 aromatic rings. The highest BCUT2D eigenvalue weighted by molar-refractivity contribution is 7.09. The van der Waals surface area contributed by atoms with Gasteiger partial charge in [-0.25, -0.2) is 4.39 Å². The number of hydrogen-bond acceptors (Lipinski definition) is 4. The third kappa shape index (κ3) is 5.67. The Hall–Kier alpha value is -2.25. The molecule has 0 aliphatic heterocycles. The third-order valence-corrected chi connectivity index (χ3v) is 9.31. The van der Waals surface area contributed by atoms with Gasteiger partial charge in [-0.1, -0.05) is 18.2 Å². The molecule has 2 amide bonds. The van der Waals surface area contributed by atoms with E-state index in [1.807, 2.05) is 22.4 Å². The van der Waals surface area contributed by atoms with Crippen LogP contribution in [0.4, 0.5) is 4.39 Å². The van der Waals surface area contributed by atoms with Crippen molar-refractivity contribution < 1.29 is 18.7 Å². The van der Waals surface area contributed by atoms with E-state index in [1.165, 1.54) is 31.4 Å². The monoisotopic (exact) mass is 512 g/mol. The maximum absolute atomic E-state index is 14.1. The summed E-state index contributed by atoms with van der Waals surface area (Å²) in [5.41, 5.74) is 0.595. The summed E-state index contributed by atoms with van der Waals surface area (Å²) in [6.45, 7) is 2.04. The fourth-order valence-electron chi connectivity index (χ4n) is 7.26. The lowest BCUT2D eigenvalue weighted by molar-refractivity contribution is -0.160. The molecule has 0 atom stereocenters. The Bertz CT molecular complexity index is 1000. The van der Waals surface area contributed by atoms with Crippen LogP contribution in [0.3, 0.4) is 0 Å². The van der Waals surface area contributed by atoms with Gasteiger partial charge in [-0.05, 0) is 91.8 Å². The molecule has 7 heteroatoms. The molecule has 4 bridgehead atoms.